The van der Waals surface area contributed by atoms with Gasteiger partial charge in [-0.15, -0.1) is 0 Å². The second-order valence-corrected chi connectivity index (χ2v) is 3.69. The Morgan fingerprint density at radius 3 is 3.00 bits per heavy atom. The lowest BCUT2D eigenvalue weighted by atomic mass is 10.1. The third-order valence-electron chi connectivity index (χ3n) is 2.27. The zero-order chi connectivity index (χ0) is 11.1. The predicted octanol–water partition coefficient (Wildman–Crippen LogP) is 1.99. The van der Waals surface area contributed by atoms with Crippen LogP contribution in [0.1, 0.15) is 18.9 Å². The van der Waals surface area contributed by atoms with Gasteiger partial charge in [0.15, 0.2) is 0 Å². The van der Waals surface area contributed by atoms with Crippen molar-refractivity contribution in [1.29, 1.82) is 5.26 Å². The van der Waals surface area contributed by atoms with E-state index in [1.165, 1.54) is 0 Å². The number of aliphatic hydroxyl groups is 1. The van der Waals surface area contributed by atoms with E-state index in [0.29, 0.717) is 11.5 Å². The fourth-order valence-corrected chi connectivity index (χ4v) is 1.31. The second-order valence-electron chi connectivity index (χ2n) is 3.69. The molecule has 0 spiro atoms. The highest BCUT2D eigenvalue weighted by Crippen LogP contribution is 2.11. The van der Waals surface area contributed by atoms with E-state index in [1.807, 2.05) is 18.2 Å². The quantitative estimate of drug-likeness (QED) is 0.771. The molecule has 0 radical (unpaired) electrons. The van der Waals surface area contributed by atoms with E-state index in [2.05, 4.69) is 18.3 Å². The Morgan fingerprint density at radius 1 is 1.53 bits per heavy atom. The number of nitriles is 1. The van der Waals surface area contributed by atoms with Crippen LogP contribution in [-0.4, -0.2) is 18.3 Å². The third-order valence-corrected chi connectivity index (χ3v) is 2.27. The molecule has 1 rings (SSSR count). The first-order valence-electron chi connectivity index (χ1n) is 5.11. The lowest BCUT2D eigenvalue weighted by Gasteiger charge is -2.12. The number of rotatable bonds is 5. The van der Waals surface area contributed by atoms with Gasteiger partial charge in [-0.05, 0) is 30.5 Å². The molecule has 0 aliphatic rings. The summed E-state index contributed by atoms with van der Waals surface area (Å²) in [6, 6.07) is 9.50. The number of nitrogens with zero attached hydrogens (tertiary/aromatic N) is 1. The Labute approximate surface area is 90.4 Å². The van der Waals surface area contributed by atoms with Crippen molar-refractivity contribution in [3.05, 3.63) is 29.8 Å². The Hall–Kier alpha value is -1.53. The lowest BCUT2D eigenvalue weighted by molar-refractivity contribution is 0.266. The first kappa shape index (κ1) is 11.5. The van der Waals surface area contributed by atoms with E-state index in [4.69, 9.17) is 10.4 Å². The molecule has 80 valence electrons. The summed E-state index contributed by atoms with van der Waals surface area (Å²) >= 11 is 0. The number of benzene rings is 1. The third kappa shape index (κ3) is 4.01. The van der Waals surface area contributed by atoms with Gasteiger partial charge in [-0.1, -0.05) is 13.0 Å². The number of hydrogen-bond donors (Lipinski definition) is 2. The summed E-state index contributed by atoms with van der Waals surface area (Å²) in [5, 5.41) is 20.7. The highest BCUT2D eigenvalue weighted by atomic mass is 16.3. The molecule has 1 aromatic rings. The molecule has 0 heterocycles. The van der Waals surface area contributed by atoms with E-state index in [9.17, 15) is 0 Å². The van der Waals surface area contributed by atoms with Gasteiger partial charge in [0, 0.05) is 18.8 Å². The van der Waals surface area contributed by atoms with Crippen LogP contribution in [0.4, 0.5) is 5.69 Å². The van der Waals surface area contributed by atoms with E-state index in [-0.39, 0.29) is 6.61 Å². The largest absolute Gasteiger partial charge is 0.396 e. The Kier molecular flexibility index (Phi) is 4.65. The molecule has 0 aliphatic carbocycles. The minimum atomic E-state index is 0.223. The molecule has 0 fully saturated rings. The molecule has 2 N–H and O–H groups in total. The summed E-state index contributed by atoms with van der Waals surface area (Å²) in [5.41, 5.74) is 1.62. The average Bonchev–Trinajstić information content (AvgIpc) is 2.27. The van der Waals surface area contributed by atoms with E-state index in [1.54, 1.807) is 6.07 Å². The summed E-state index contributed by atoms with van der Waals surface area (Å²) < 4.78 is 0. The second kappa shape index (κ2) is 6.05. The summed E-state index contributed by atoms with van der Waals surface area (Å²) in [6.07, 6.45) is 0.797. The van der Waals surface area contributed by atoms with E-state index in [0.717, 1.165) is 18.7 Å². The van der Waals surface area contributed by atoms with Crippen LogP contribution in [0.15, 0.2) is 24.3 Å². The molecular formula is C12H16N2O. The molecular weight excluding hydrogens is 188 g/mol. The van der Waals surface area contributed by atoms with Gasteiger partial charge in [-0.25, -0.2) is 0 Å². The van der Waals surface area contributed by atoms with Crippen LogP contribution in [0.3, 0.4) is 0 Å². The number of aliphatic hydroxyl groups excluding tert-OH is 1. The Morgan fingerprint density at radius 2 is 2.33 bits per heavy atom. The molecule has 3 heteroatoms. The van der Waals surface area contributed by atoms with Crippen LogP contribution in [0.2, 0.25) is 0 Å². The van der Waals surface area contributed by atoms with Gasteiger partial charge in [0.05, 0.1) is 11.6 Å². The minimum absolute atomic E-state index is 0.223. The van der Waals surface area contributed by atoms with Gasteiger partial charge in [0.25, 0.3) is 0 Å². The van der Waals surface area contributed by atoms with Gasteiger partial charge < -0.3 is 10.4 Å². The van der Waals surface area contributed by atoms with Crippen LogP contribution in [-0.2, 0) is 0 Å². The monoisotopic (exact) mass is 204 g/mol. The van der Waals surface area contributed by atoms with E-state index >= 15 is 0 Å². The van der Waals surface area contributed by atoms with Crippen molar-refractivity contribution < 1.29 is 5.11 Å². The first-order chi connectivity index (χ1) is 7.26. The average molecular weight is 204 g/mol. The lowest BCUT2D eigenvalue weighted by Crippen LogP contribution is -2.12. The Balaban J connectivity index is 2.47. The van der Waals surface area contributed by atoms with Crippen LogP contribution in [0.25, 0.3) is 0 Å². The van der Waals surface area contributed by atoms with Crippen LogP contribution < -0.4 is 5.32 Å². The summed E-state index contributed by atoms with van der Waals surface area (Å²) in [5.74, 6) is 0.431. The highest BCUT2D eigenvalue weighted by Gasteiger charge is 2.01. The Bertz CT molecular complexity index is 344. The molecule has 0 aliphatic heterocycles. The molecule has 0 saturated carbocycles. The normalized spacial score (nSPS) is 11.8. The van der Waals surface area contributed by atoms with Gasteiger partial charge in [-0.3, -0.25) is 0 Å². The number of hydrogen-bond acceptors (Lipinski definition) is 3. The molecule has 0 saturated heterocycles. The SMILES string of the molecule is CC(CCO)CNc1cccc(C#N)c1. The molecule has 0 amide bonds. The summed E-state index contributed by atoms with van der Waals surface area (Å²) in [6.45, 7) is 3.12. The zero-order valence-corrected chi connectivity index (χ0v) is 8.90. The van der Waals surface area contributed by atoms with Crippen molar-refractivity contribution in [3.8, 4) is 6.07 Å². The van der Waals surface area contributed by atoms with Crippen molar-refractivity contribution in [2.45, 2.75) is 13.3 Å². The highest BCUT2D eigenvalue weighted by molar-refractivity contribution is 5.49. The molecule has 1 unspecified atom stereocenters. The van der Waals surface area contributed by atoms with Crippen molar-refractivity contribution in [2.75, 3.05) is 18.5 Å². The minimum Gasteiger partial charge on any atom is -0.396 e. The molecule has 1 aromatic carbocycles. The molecule has 0 aromatic heterocycles. The van der Waals surface area contributed by atoms with Gasteiger partial charge in [0.1, 0.15) is 0 Å². The van der Waals surface area contributed by atoms with Gasteiger partial charge >= 0.3 is 0 Å². The van der Waals surface area contributed by atoms with Crippen molar-refractivity contribution in [2.24, 2.45) is 5.92 Å². The molecule has 3 nitrogen and oxygen atoms in total. The molecule has 15 heavy (non-hydrogen) atoms. The van der Waals surface area contributed by atoms with Gasteiger partial charge in [0.2, 0.25) is 0 Å². The number of anilines is 1. The first-order valence-corrected chi connectivity index (χ1v) is 5.11. The summed E-state index contributed by atoms with van der Waals surface area (Å²) in [4.78, 5) is 0. The number of nitrogens with one attached hydrogen (secondary N) is 1. The predicted molar refractivity (Wildman–Crippen MR) is 60.5 cm³/mol. The van der Waals surface area contributed by atoms with Crippen molar-refractivity contribution >= 4 is 5.69 Å². The molecule has 0 bridgehead atoms. The zero-order valence-electron chi connectivity index (χ0n) is 8.90. The van der Waals surface area contributed by atoms with Gasteiger partial charge in [-0.2, -0.15) is 5.26 Å². The van der Waals surface area contributed by atoms with Crippen LogP contribution >= 0.6 is 0 Å². The fraction of sp³-hybridized carbons (Fsp3) is 0.417. The van der Waals surface area contributed by atoms with Crippen LogP contribution in [0.5, 0.6) is 0 Å². The van der Waals surface area contributed by atoms with Crippen molar-refractivity contribution in [3.63, 3.8) is 0 Å². The van der Waals surface area contributed by atoms with Crippen molar-refractivity contribution in [1.82, 2.24) is 0 Å². The van der Waals surface area contributed by atoms with E-state index < -0.39 is 0 Å². The molecule has 1 atom stereocenters. The maximum absolute atomic E-state index is 8.75. The smallest absolute Gasteiger partial charge is 0.0992 e. The summed E-state index contributed by atoms with van der Waals surface area (Å²) in [7, 11) is 0. The van der Waals surface area contributed by atoms with Crippen LogP contribution in [0, 0.1) is 17.2 Å². The maximum atomic E-state index is 8.75. The standard InChI is InChI=1S/C12H16N2O/c1-10(5-6-15)9-14-12-4-2-3-11(7-12)8-13/h2-4,7,10,14-15H,5-6,9H2,1H3. The fourth-order valence-electron chi connectivity index (χ4n) is 1.31. The maximum Gasteiger partial charge on any atom is 0.0992 e. The topological polar surface area (TPSA) is 56.0 Å².